The molecule has 0 aliphatic heterocycles. The quantitative estimate of drug-likeness (QED) is 0.664. The standard InChI is InChI=1S/C18H21ClN4OS.ClH/c1-11-14-8-15(16(24)21-18(2,3)10-20)25-17(14)23(22-11)9-12-4-6-13(19)7-5-12;/h4-8H,9-10,20H2,1-3H3,(H,21,24);1H. The molecule has 3 aromatic rings. The van der Waals surface area contributed by atoms with Gasteiger partial charge in [-0.2, -0.15) is 5.10 Å². The largest absolute Gasteiger partial charge is 0.345 e. The number of rotatable bonds is 5. The summed E-state index contributed by atoms with van der Waals surface area (Å²) in [5, 5.41) is 9.29. The molecule has 26 heavy (non-hydrogen) atoms. The van der Waals surface area contributed by atoms with Crippen LogP contribution in [0.3, 0.4) is 0 Å². The van der Waals surface area contributed by atoms with E-state index in [2.05, 4.69) is 10.4 Å². The number of fused-ring (bicyclic) bond motifs is 1. The van der Waals surface area contributed by atoms with Gasteiger partial charge < -0.3 is 11.1 Å². The minimum Gasteiger partial charge on any atom is -0.345 e. The second-order valence-electron chi connectivity index (χ2n) is 6.74. The van der Waals surface area contributed by atoms with Crippen molar-refractivity contribution in [1.29, 1.82) is 0 Å². The zero-order valence-electron chi connectivity index (χ0n) is 14.9. The number of thiophene rings is 1. The number of nitrogens with zero attached hydrogens (tertiary/aromatic N) is 2. The first-order chi connectivity index (χ1) is 11.8. The Hall–Kier alpha value is -1.60. The van der Waals surface area contributed by atoms with Crippen LogP contribution in [0.25, 0.3) is 10.2 Å². The third-order valence-corrected chi connectivity index (χ3v) is 5.44. The smallest absolute Gasteiger partial charge is 0.261 e. The summed E-state index contributed by atoms with van der Waals surface area (Å²) in [6.45, 7) is 6.79. The molecule has 1 aromatic carbocycles. The van der Waals surface area contributed by atoms with Crippen molar-refractivity contribution >= 4 is 51.5 Å². The first-order valence-electron chi connectivity index (χ1n) is 8.03. The Balaban J connectivity index is 0.00000243. The molecule has 3 rings (SSSR count). The third-order valence-electron chi connectivity index (χ3n) is 4.04. The lowest BCUT2D eigenvalue weighted by Crippen LogP contribution is -2.48. The molecule has 0 aliphatic rings. The van der Waals surface area contributed by atoms with Crippen molar-refractivity contribution in [3.63, 3.8) is 0 Å². The van der Waals surface area contributed by atoms with Gasteiger partial charge in [-0.3, -0.25) is 9.48 Å². The van der Waals surface area contributed by atoms with E-state index in [4.69, 9.17) is 17.3 Å². The highest BCUT2D eigenvalue weighted by Gasteiger charge is 2.22. The van der Waals surface area contributed by atoms with Crippen LogP contribution in [-0.2, 0) is 6.54 Å². The van der Waals surface area contributed by atoms with Crippen LogP contribution in [0.1, 0.15) is 34.8 Å². The summed E-state index contributed by atoms with van der Waals surface area (Å²) >= 11 is 7.39. The van der Waals surface area contributed by atoms with Crippen molar-refractivity contribution in [2.24, 2.45) is 5.73 Å². The SMILES string of the molecule is Cc1nn(Cc2ccc(Cl)cc2)c2sc(C(=O)NC(C)(C)CN)cc12.Cl. The van der Waals surface area contributed by atoms with E-state index in [-0.39, 0.29) is 18.3 Å². The minimum atomic E-state index is -0.433. The van der Waals surface area contributed by atoms with E-state index < -0.39 is 5.54 Å². The molecule has 8 heteroatoms. The minimum absolute atomic E-state index is 0. The number of amides is 1. The van der Waals surface area contributed by atoms with E-state index in [0.29, 0.717) is 23.0 Å². The van der Waals surface area contributed by atoms with E-state index in [0.717, 1.165) is 21.5 Å². The predicted molar refractivity (Wildman–Crippen MR) is 111 cm³/mol. The molecule has 0 aliphatic carbocycles. The van der Waals surface area contributed by atoms with Crippen molar-refractivity contribution < 1.29 is 4.79 Å². The molecule has 0 bridgehead atoms. The van der Waals surface area contributed by atoms with Gasteiger partial charge in [0, 0.05) is 22.5 Å². The lowest BCUT2D eigenvalue weighted by Gasteiger charge is -2.23. The van der Waals surface area contributed by atoms with Gasteiger partial charge in [-0.15, -0.1) is 23.7 Å². The van der Waals surface area contributed by atoms with Gasteiger partial charge in [-0.05, 0) is 44.5 Å². The maximum absolute atomic E-state index is 12.5. The van der Waals surface area contributed by atoms with Crippen molar-refractivity contribution in [1.82, 2.24) is 15.1 Å². The fraction of sp³-hybridized carbons (Fsp3) is 0.333. The van der Waals surface area contributed by atoms with Crippen LogP contribution in [0.15, 0.2) is 30.3 Å². The molecule has 3 N–H and O–H groups in total. The fourth-order valence-electron chi connectivity index (χ4n) is 2.51. The van der Waals surface area contributed by atoms with Crippen molar-refractivity contribution in [2.45, 2.75) is 32.9 Å². The van der Waals surface area contributed by atoms with E-state index >= 15 is 0 Å². The van der Waals surface area contributed by atoms with Gasteiger partial charge in [0.25, 0.3) is 5.91 Å². The van der Waals surface area contributed by atoms with Crippen molar-refractivity contribution in [3.8, 4) is 0 Å². The molecule has 0 atom stereocenters. The molecule has 140 valence electrons. The highest BCUT2D eigenvalue weighted by atomic mass is 35.5. The zero-order valence-corrected chi connectivity index (χ0v) is 17.3. The first kappa shape index (κ1) is 20.7. The van der Waals surface area contributed by atoms with Gasteiger partial charge in [0.1, 0.15) is 4.83 Å². The van der Waals surface area contributed by atoms with E-state index in [1.807, 2.05) is 55.8 Å². The Kier molecular flexibility index (Phi) is 6.34. The summed E-state index contributed by atoms with van der Waals surface area (Å²) in [5.74, 6) is -0.103. The Bertz CT molecular complexity index is 915. The van der Waals surface area contributed by atoms with Gasteiger partial charge >= 0.3 is 0 Å². The molecule has 5 nitrogen and oxygen atoms in total. The number of carbonyl (C=O) groups excluding carboxylic acids is 1. The number of carbonyl (C=O) groups is 1. The highest BCUT2D eigenvalue weighted by Crippen LogP contribution is 2.29. The van der Waals surface area contributed by atoms with Gasteiger partial charge in [0.15, 0.2) is 0 Å². The molecule has 0 fully saturated rings. The highest BCUT2D eigenvalue weighted by molar-refractivity contribution is 7.20. The normalized spacial score (nSPS) is 11.4. The fourth-order valence-corrected chi connectivity index (χ4v) is 3.70. The third kappa shape index (κ3) is 4.38. The average Bonchev–Trinajstić information content (AvgIpc) is 3.11. The monoisotopic (exact) mass is 412 g/mol. The van der Waals surface area contributed by atoms with Crippen LogP contribution < -0.4 is 11.1 Å². The van der Waals surface area contributed by atoms with Gasteiger partial charge in [0.2, 0.25) is 0 Å². The number of benzene rings is 1. The Morgan fingerprint density at radius 2 is 2.00 bits per heavy atom. The topological polar surface area (TPSA) is 72.9 Å². The van der Waals surface area contributed by atoms with Crippen molar-refractivity contribution in [3.05, 3.63) is 51.5 Å². The first-order valence-corrected chi connectivity index (χ1v) is 9.22. The molecule has 2 aromatic heterocycles. The van der Waals surface area contributed by atoms with Crippen LogP contribution in [0.5, 0.6) is 0 Å². The second-order valence-corrected chi connectivity index (χ2v) is 8.21. The Morgan fingerprint density at radius 3 is 2.62 bits per heavy atom. The second kappa shape index (κ2) is 7.96. The molecule has 0 saturated heterocycles. The van der Waals surface area contributed by atoms with Crippen LogP contribution in [0, 0.1) is 6.92 Å². The molecule has 0 radical (unpaired) electrons. The van der Waals surface area contributed by atoms with Crippen LogP contribution in [-0.4, -0.2) is 27.8 Å². The van der Waals surface area contributed by atoms with E-state index in [1.54, 1.807) is 0 Å². The van der Waals surface area contributed by atoms with E-state index in [9.17, 15) is 4.79 Å². The molecule has 1 amide bonds. The maximum Gasteiger partial charge on any atom is 0.261 e. The number of hydrogen-bond donors (Lipinski definition) is 2. The van der Waals surface area contributed by atoms with Crippen LogP contribution in [0.2, 0.25) is 5.02 Å². The molecule has 0 spiro atoms. The summed E-state index contributed by atoms with van der Waals surface area (Å²) in [7, 11) is 0. The number of nitrogens with one attached hydrogen (secondary N) is 1. The molecule has 2 heterocycles. The summed E-state index contributed by atoms with van der Waals surface area (Å²) in [5.41, 5.74) is 7.29. The summed E-state index contributed by atoms with van der Waals surface area (Å²) in [4.78, 5) is 14.2. The van der Waals surface area contributed by atoms with Crippen LogP contribution >= 0.6 is 35.3 Å². The molecule has 0 saturated carbocycles. The number of hydrogen-bond acceptors (Lipinski definition) is 4. The summed E-state index contributed by atoms with van der Waals surface area (Å²) in [6.07, 6.45) is 0. The van der Waals surface area contributed by atoms with E-state index in [1.165, 1.54) is 11.3 Å². The molecule has 0 unspecified atom stereocenters. The van der Waals surface area contributed by atoms with Crippen LogP contribution in [0.4, 0.5) is 0 Å². The van der Waals surface area contributed by atoms with Crippen molar-refractivity contribution in [2.75, 3.05) is 6.54 Å². The molecular formula is C18H22Cl2N4OS. The zero-order chi connectivity index (χ0) is 18.2. The number of halogens is 2. The Morgan fingerprint density at radius 1 is 1.35 bits per heavy atom. The van der Waals surface area contributed by atoms with Gasteiger partial charge in [-0.1, -0.05) is 23.7 Å². The van der Waals surface area contributed by atoms with Gasteiger partial charge in [-0.25, -0.2) is 0 Å². The average molecular weight is 413 g/mol. The summed E-state index contributed by atoms with van der Waals surface area (Å²) in [6, 6.07) is 9.61. The Labute approximate surface area is 167 Å². The predicted octanol–water partition coefficient (Wildman–Crippen LogP) is 4.00. The number of aryl methyl sites for hydroxylation is 1. The maximum atomic E-state index is 12.5. The number of nitrogens with two attached hydrogens (primary N) is 1. The summed E-state index contributed by atoms with van der Waals surface area (Å²) < 4.78 is 1.93. The molecular weight excluding hydrogens is 391 g/mol. The lowest BCUT2D eigenvalue weighted by atomic mass is 10.1. The number of aromatic nitrogens is 2. The van der Waals surface area contributed by atoms with Gasteiger partial charge in [0.05, 0.1) is 17.1 Å². The lowest BCUT2D eigenvalue weighted by molar-refractivity contribution is 0.0920.